The molecule has 0 bridgehead atoms. The summed E-state index contributed by atoms with van der Waals surface area (Å²) in [6.45, 7) is 0. The third-order valence-electron chi connectivity index (χ3n) is 5.60. The van der Waals surface area contributed by atoms with Crippen molar-refractivity contribution in [2.45, 2.75) is 0 Å². The van der Waals surface area contributed by atoms with E-state index in [2.05, 4.69) is 97.1 Å². The first-order valence-electron chi connectivity index (χ1n) is 9.05. The van der Waals surface area contributed by atoms with Crippen molar-refractivity contribution in [1.82, 2.24) is 0 Å². The summed E-state index contributed by atoms with van der Waals surface area (Å²) in [5.41, 5.74) is 0. The summed E-state index contributed by atoms with van der Waals surface area (Å²) < 4.78 is 0. The summed E-state index contributed by atoms with van der Waals surface area (Å²) in [6.07, 6.45) is 0. The molecule has 0 aliphatic heterocycles. The summed E-state index contributed by atoms with van der Waals surface area (Å²) in [6, 6.07) is 35.4. The van der Waals surface area contributed by atoms with Gasteiger partial charge in [0.25, 0.3) is 0 Å². The zero-order chi connectivity index (χ0) is 17.1. The lowest BCUT2D eigenvalue weighted by Gasteiger charge is -2.09. The average molecular weight is 328 g/mol. The highest BCUT2D eigenvalue weighted by atomic mass is 14.1. The van der Waals surface area contributed by atoms with Crippen LogP contribution in [-0.2, 0) is 0 Å². The standard InChI is InChI=1S/C26H16/c1-5-17-9-3-11-23-21(15-13-19(7-1)25(17)23)22-16-14-20-8-2-6-18-10-4-12-24(22)26(18)20/h1-16H. The minimum Gasteiger partial charge on any atom is -0.0610 e. The van der Waals surface area contributed by atoms with Gasteiger partial charge in [0, 0.05) is 0 Å². The third-order valence-corrected chi connectivity index (χ3v) is 5.60. The van der Waals surface area contributed by atoms with E-state index in [9.17, 15) is 0 Å². The topological polar surface area (TPSA) is 0 Å². The van der Waals surface area contributed by atoms with Crippen LogP contribution in [0.3, 0.4) is 0 Å². The summed E-state index contributed by atoms with van der Waals surface area (Å²) >= 11 is 0. The van der Waals surface area contributed by atoms with E-state index in [1.807, 2.05) is 0 Å². The second-order valence-corrected chi connectivity index (χ2v) is 7.00. The van der Waals surface area contributed by atoms with E-state index in [0.29, 0.717) is 0 Å². The fourth-order valence-corrected chi connectivity index (χ4v) is 4.46. The molecule has 0 fully saturated rings. The maximum Gasteiger partial charge on any atom is -0.00326 e. The van der Waals surface area contributed by atoms with Crippen LogP contribution in [0.1, 0.15) is 0 Å². The molecule has 0 spiro atoms. The lowest BCUT2D eigenvalue weighted by atomic mass is 9.95. The van der Waals surface area contributed by atoms with Crippen molar-refractivity contribution in [1.29, 1.82) is 0 Å². The lowest BCUT2D eigenvalue weighted by Crippen LogP contribution is -1.85. The molecule has 0 saturated heterocycles. The number of benzene rings is 6. The Bertz CT molecular complexity index is 1360. The second kappa shape index (κ2) is 5.06. The van der Waals surface area contributed by atoms with Gasteiger partial charge in [-0.25, -0.2) is 0 Å². The van der Waals surface area contributed by atoms with Crippen LogP contribution in [0.5, 0.6) is 0 Å². The van der Waals surface area contributed by atoms with Gasteiger partial charge in [-0.15, -0.1) is 0 Å². The molecule has 0 unspecified atom stereocenters. The predicted molar refractivity (Wildman–Crippen MR) is 112 cm³/mol. The van der Waals surface area contributed by atoms with Gasteiger partial charge in [0.2, 0.25) is 0 Å². The van der Waals surface area contributed by atoms with Crippen LogP contribution in [0.25, 0.3) is 43.1 Å². The Morgan fingerprint density at radius 1 is 0.308 bits per heavy atom. The Labute approximate surface area is 151 Å². The molecular formula is C26H16. The molecule has 6 rings (SSSR count). The van der Waals surface area contributed by atoms with Crippen LogP contribution >= 0.6 is 0 Å². The second-order valence-electron chi connectivity index (χ2n) is 7.00. The Morgan fingerprint density at radius 2 is 0.654 bits per heavy atom. The highest BCUT2D eigenvalue weighted by Gasteiger charge is 2.06. The highest BCUT2D eigenvalue weighted by Crippen LogP contribution is 2.31. The normalized spacial score (nSPS) is 13.2. The molecule has 6 aromatic rings. The van der Waals surface area contributed by atoms with Crippen molar-refractivity contribution in [3.8, 4) is 0 Å². The molecule has 0 aliphatic rings. The number of hydrogen-bond acceptors (Lipinski definition) is 0. The molecule has 0 heteroatoms. The first-order chi connectivity index (χ1) is 12.9. The van der Waals surface area contributed by atoms with Crippen LogP contribution < -0.4 is 0 Å². The summed E-state index contributed by atoms with van der Waals surface area (Å²) in [5, 5.41) is 13.2. The zero-order valence-corrected chi connectivity index (χ0v) is 14.2. The molecule has 0 atom stereocenters. The van der Waals surface area contributed by atoms with Crippen molar-refractivity contribution in [3.63, 3.8) is 0 Å². The Kier molecular flexibility index (Phi) is 2.70. The van der Waals surface area contributed by atoms with Gasteiger partial charge in [0.05, 0.1) is 0 Å². The van der Waals surface area contributed by atoms with Crippen LogP contribution in [0.2, 0.25) is 0 Å². The van der Waals surface area contributed by atoms with Crippen LogP contribution in [0, 0.1) is 10.4 Å². The maximum atomic E-state index is 2.28. The van der Waals surface area contributed by atoms with Crippen molar-refractivity contribution >= 4 is 43.1 Å². The summed E-state index contributed by atoms with van der Waals surface area (Å²) in [4.78, 5) is 0. The van der Waals surface area contributed by atoms with Gasteiger partial charge < -0.3 is 0 Å². The molecule has 0 aromatic heterocycles. The Hall–Kier alpha value is -3.38. The van der Waals surface area contributed by atoms with Crippen LogP contribution in [0.4, 0.5) is 0 Å². The van der Waals surface area contributed by atoms with E-state index in [4.69, 9.17) is 0 Å². The van der Waals surface area contributed by atoms with E-state index < -0.39 is 0 Å². The maximum absolute atomic E-state index is 2.28. The fourth-order valence-electron chi connectivity index (χ4n) is 4.46. The average Bonchev–Trinajstić information content (AvgIpc) is 2.70. The highest BCUT2D eigenvalue weighted by molar-refractivity contribution is 6.12. The van der Waals surface area contributed by atoms with E-state index in [0.717, 1.165) is 0 Å². The van der Waals surface area contributed by atoms with Crippen molar-refractivity contribution in [2.24, 2.45) is 0 Å². The van der Waals surface area contributed by atoms with E-state index in [1.165, 1.54) is 53.5 Å². The smallest absolute Gasteiger partial charge is 0.00326 e. The predicted octanol–water partition coefficient (Wildman–Crippen LogP) is 7.02. The van der Waals surface area contributed by atoms with E-state index in [1.54, 1.807) is 0 Å². The zero-order valence-electron chi connectivity index (χ0n) is 14.2. The monoisotopic (exact) mass is 328 g/mol. The molecule has 0 saturated carbocycles. The first-order valence-corrected chi connectivity index (χ1v) is 9.05. The van der Waals surface area contributed by atoms with E-state index >= 15 is 0 Å². The van der Waals surface area contributed by atoms with Crippen molar-refractivity contribution in [3.05, 3.63) is 107 Å². The molecule has 0 heterocycles. The molecule has 0 radical (unpaired) electrons. The molecule has 120 valence electrons. The third kappa shape index (κ3) is 1.79. The van der Waals surface area contributed by atoms with Gasteiger partial charge in [-0.2, -0.15) is 0 Å². The van der Waals surface area contributed by atoms with Crippen molar-refractivity contribution < 1.29 is 0 Å². The quantitative estimate of drug-likeness (QED) is 0.281. The summed E-state index contributed by atoms with van der Waals surface area (Å²) in [5.74, 6) is 0. The molecule has 26 heavy (non-hydrogen) atoms. The van der Waals surface area contributed by atoms with Gasteiger partial charge in [0.15, 0.2) is 0 Å². The molecular weight excluding hydrogens is 312 g/mol. The van der Waals surface area contributed by atoms with Crippen LogP contribution in [-0.4, -0.2) is 0 Å². The SMILES string of the molecule is c1cc2cccc3c(=c4ccc5cccc6cccc4c65)ccc(c1)c23. The van der Waals surface area contributed by atoms with Crippen molar-refractivity contribution in [2.75, 3.05) is 0 Å². The molecule has 0 nitrogen and oxygen atoms in total. The van der Waals surface area contributed by atoms with Gasteiger partial charge in [-0.3, -0.25) is 0 Å². The minimum atomic E-state index is 1.31. The molecule has 0 N–H and O–H groups in total. The molecule has 0 aliphatic carbocycles. The summed E-state index contributed by atoms with van der Waals surface area (Å²) in [7, 11) is 0. The largest absolute Gasteiger partial charge is 0.0610 e. The van der Waals surface area contributed by atoms with Gasteiger partial charge in [-0.1, -0.05) is 97.1 Å². The fraction of sp³-hybridized carbons (Fsp3) is 0. The minimum absolute atomic E-state index is 1.31. The number of rotatable bonds is 0. The Morgan fingerprint density at radius 3 is 1.08 bits per heavy atom. The van der Waals surface area contributed by atoms with Gasteiger partial charge in [0.1, 0.15) is 0 Å². The van der Waals surface area contributed by atoms with Gasteiger partial charge in [-0.05, 0) is 53.5 Å². The molecule has 6 aromatic carbocycles. The van der Waals surface area contributed by atoms with E-state index in [-0.39, 0.29) is 0 Å². The molecule has 0 amide bonds. The Balaban J connectivity index is 1.97. The first kappa shape index (κ1) is 13.9. The van der Waals surface area contributed by atoms with Gasteiger partial charge >= 0.3 is 0 Å². The lowest BCUT2D eigenvalue weighted by molar-refractivity contribution is 1.59. The van der Waals surface area contributed by atoms with Crippen LogP contribution in [0.15, 0.2) is 97.1 Å². The number of hydrogen-bond donors (Lipinski definition) is 0.